The van der Waals surface area contributed by atoms with Gasteiger partial charge in [0.25, 0.3) is 0 Å². The van der Waals surface area contributed by atoms with Gasteiger partial charge in [0.2, 0.25) is 11.8 Å². The molecular formula is C19H30FN3O2. The van der Waals surface area contributed by atoms with Gasteiger partial charge in [-0.1, -0.05) is 0 Å². The summed E-state index contributed by atoms with van der Waals surface area (Å²) in [5.74, 6) is 0.994. The quantitative estimate of drug-likeness (QED) is 0.760. The lowest BCUT2D eigenvalue weighted by Gasteiger charge is -2.59. The zero-order valence-electron chi connectivity index (χ0n) is 15.3. The van der Waals surface area contributed by atoms with Crippen LogP contribution in [0, 0.1) is 23.2 Å². The summed E-state index contributed by atoms with van der Waals surface area (Å²) in [4.78, 5) is 26.7. The van der Waals surface area contributed by atoms with Crippen molar-refractivity contribution < 1.29 is 14.0 Å². The normalized spacial score (nSPS) is 43.4. The highest BCUT2D eigenvalue weighted by Crippen LogP contribution is 2.60. The third-order valence-electron chi connectivity index (χ3n) is 7.55. The van der Waals surface area contributed by atoms with Crippen molar-refractivity contribution in [2.24, 2.45) is 28.9 Å². The minimum Gasteiger partial charge on any atom is -0.369 e. The van der Waals surface area contributed by atoms with Gasteiger partial charge in [-0.2, -0.15) is 0 Å². The van der Waals surface area contributed by atoms with Crippen molar-refractivity contribution in [2.75, 3.05) is 6.54 Å². The fourth-order valence-corrected chi connectivity index (χ4v) is 6.38. The number of likely N-dealkylation sites (tertiary alicyclic amines) is 1. The molecule has 1 saturated heterocycles. The number of carbonyl (C=O) groups excluding carboxylic acids is 2. The highest BCUT2D eigenvalue weighted by Gasteiger charge is 2.58. The lowest BCUT2D eigenvalue weighted by molar-refractivity contribution is -0.150. The molecule has 5 fully saturated rings. The molecule has 0 radical (unpaired) electrons. The number of primary amides is 1. The first-order chi connectivity index (χ1) is 11.7. The number of nitrogens with two attached hydrogens (primary N) is 1. The minimum atomic E-state index is -1.03. The largest absolute Gasteiger partial charge is 0.369 e. The van der Waals surface area contributed by atoms with Crippen molar-refractivity contribution in [3.8, 4) is 0 Å². The SMILES string of the molecule is CC(C)(C(=O)NC1[C@@H]2CC3C[C@H]1CC(C(N)=O)(C3)C2)N1CCCC1F. The van der Waals surface area contributed by atoms with E-state index in [4.69, 9.17) is 5.73 Å². The van der Waals surface area contributed by atoms with Gasteiger partial charge in [-0.25, -0.2) is 4.39 Å². The molecule has 0 aromatic heterocycles. The molecule has 2 amide bonds. The van der Waals surface area contributed by atoms with Crippen LogP contribution in [0.3, 0.4) is 0 Å². The maximum atomic E-state index is 14.1. The molecule has 25 heavy (non-hydrogen) atoms. The second-order valence-electron chi connectivity index (χ2n) is 9.44. The molecule has 5 nitrogen and oxygen atoms in total. The van der Waals surface area contributed by atoms with E-state index in [0.29, 0.717) is 30.7 Å². The predicted molar refractivity (Wildman–Crippen MR) is 92.0 cm³/mol. The molecule has 3 N–H and O–H groups in total. The van der Waals surface area contributed by atoms with E-state index < -0.39 is 11.8 Å². The number of rotatable bonds is 4. The smallest absolute Gasteiger partial charge is 0.240 e. The van der Waals surface area contributed by atoms with Gasteiger partial charge in [0, 0.05) is 18.0 Å². The van der Waals surface area contributed by atoms with Crippen LogP contribution < -0.4 is 11.1 Å². The van der Waals surface area contributed by atoms with Crippen LogP contribution in [-0.4, -0.2) is 41.1 Å². The van der Waals surface area contributed by atoms with E-state index in [1.165, 1.54) is 0 Å². The van der Waals surface area contributed by atoms with Gasteiger partial charge in [-0.3, -0.25) is 14.5 Å². The molecule has 4 unspecified atom stereocenters. The highest BCUT2D eigenvalue weighted by atomic mass is 19.1. The number of nitrogens with one attached hydrogen (secondary N) is 1. The fourth-order valence-electron chi connectivity index (χ4n) is 6.38. The van der Waals surface area contributed by atoms with Crippen LogP contribution in [0.4, 0.5) is 4.39 Å². The van der Waals surface area contributed by atoms with Crippen LogP contribution in [0.2, 0.25) is 0 Å². The van der Waals surface area contributed by atoms with E-state index >= 15 is 0 Å². The summed E-state index contributed by atoms with van der Waals surface area (Å²) < 4.78 is 14.1. The van der Waals surface area contributed by atoms with Crippen molar-refractivity contribution >= 4 is 11.8 Å². The second-order valence-corrected chi connectivity index (χ2v) is 9.44. The molecule has 1 heterocycles. The number of hydrogen-bond donors (Lipinski definition) is 2. The standard InChI is InChI=1S/C19H30FN3O2/c1-18(2,23-5-3-4-14(23)20)17(25)22-15-12-6-11-7-13(15)10-19(8-11,9-12)16(21)24/h11-15H,3-10H2,1-2H3,(H2,21,24)(H,22,25)/t11?,12-,13+,14?,15?,19?. The van der Waals surface area contributed by atoms with Crippen molar-refractivity contribution in [3.05, 3.63) is 0 Å². The van der Waals surface area contributed by atoms with E-state index in [-0.39, 0.29) is 23.3 Å². The topological polar surface area (TPSA) is 75.4 Å². The van der Waals surface area contributed by atoms with Crippen molar-refractivity contribution in [1.82, 2.24) is 10.2 Å². The zero-order chi connectivity index (χ0) is 18.0. The zero-order valence-corrected chi connectivity index (χ0v) is 15.3. The molecule has 0 spiro atoms. The maximum Gasteiger partial charge on any atom is 0.240 e. The Kier molecular flexibility index (Phi) is 3.91. The average Bonchev–Trinajstić information content (AvgIpc) is 2.96. The molecular weight excluding hydrogens is 321 g/mol. The Labute approximate surface area is 148 Å². The number of carbonyl (C=O) groups is 2. The molecule has 4 aliphatic carbocycles. The van der Waals surface area contributed by atoms with Gasteiger partial charge in [0.05, 0.1) is 5.54 Å². The van der Waals surface area contributed by atoms with Crippen LogP contribution in [-0.2, 0) is 9.59 Å². The first-order valence-corrected chi connectivity index (χ1v) is 9.75. The summed E-state index contributed by atoms with van der Waals surface area (Å²) >= 11 is 0. The summed E-state index contributed by atoms with van der Waals surface area (Å²) in [6.45, 7) is 4.27. The van der Waals surface area contributed by atoms with E-state index in [1.54, 1.807) is 4.90 Å². The van der Waals surface area contributed by atoms with Crippen LogP contribution in [0.5, 0.6) is 0 Å². The van der Waals surface area contributed by atoms with Gasteiger partial charge in [0.15, 0.2) is 6.30 Å². The number of nitrogens with zero attached hydrogens (tertiary/aromatic N) is 1. The van der Waals surface area contributed by atoms with Gasteiger partial charge in [-0.05, 0) is 76.5 Å². The monoisotopic (exact) mass is 351 g/mol. The van der Waals surface area contributed by atoms with Gasteiger partial charge < -0.3 is 11.1 Å². The van der Waals surface area contributed by atoms with Gasteiger partial charge >= 0.3 is 0 Å². The molecule has 1 aliphatic heterocycles. The van der Waals surface area contributed by atoms with Crippen LogP contribution in [0.1, 0.15) is 58.8 Å². The molecule has 4 saturated carbocycles. The van der Waals surface area contributed by atoms with Crippen LogP contribution >= 0.6 is 0 Å². The molecule has 6 heteroatoms. The number of hydrogen-bond acceptors (Lipinski definition) is 3. The minimum absolute atomic E-state index is 0.0809. The van der Waals surface area contributed by atoms with E-state index in [1.807, 2.05) is 13.8 Å². The first-order valence-electron chi connectivity index (χ1n) is 9.75. The summed E-state index contributed by atoms with van der Waals surface area (Å²) in [5, 5.41) is 3.26. The number of halogens is 1. The van der Waals surface area contributed by atoms with Gasteiger partial charge in [0.1, 0.15) is 0 Å². The lowest BCUT2D eigenvalue weighted by atomic mass is 9.47. The van der Waals surface area contributed by atoms with Crippen molar-refractivity contribution in [3.63, 3.8) is 0 Å². The van der Waals surface area contributed by atoms with Crippen molar-refractivity contribution in [1.29, 1.82) is 0 Å². The molecule has 6 atom stereocenters. The molecule has 4 bridgehead atoms. The summed E-state index contributed by atoms with van der Waals surface area (Å²) in [6, 6.07) is 0.108. The lowest BCUT2D eigenvalue weighted by Crippen LogP contribution is -2.65. The molecule has 5 rings (SSSR count). The summed E-state index contributed by atoms with van der Waals surface area (Å²) in [6.07, 6.45) is 4.96. The van der Waals surface area contributed by atoms with E-state index in [0.717, 1.165) is 38.5 Å². The summed E-state index contributed by atoms with van der Waals surface area (Å²) in [5.41, 5.74) is 4.55. The first kappa shape index (κ1) is 17.3. The number of alkyl halides is 1. The third-order valence-corrected chi connectivity index (χ3v) is 7.55. The third kappa shape index (κ3) is 2.59. The Balaban J connectivity index is 1.49. The fraction of sp³-hybridized carbons (Fsp3) is 0.895. The Morgan fingerprint density at radius 3 is 2.36 bits per heavy atom. The molecule has 5 aliphatic rings. The van der Waals surface area contributed by atoms with Crippen LogP contribution in [0.15, 0.2) is 0 Å². The average molecular weight is 351 g/mol. The van der Waals surface area contributed by atoms with E-state index in [9.17, 15) is 14.0 Å². The summed E-state index contributed by atoms with van der Waals surface area (Å²) in [7, 11) is 0. The Morgan fingerprint density at radius 2 is 1.84 bits per heavy atom. The second kappa shape index (κ2) is 5.66. The van der Waals surface area contributed by atoms with Crippen LogP contribution in [0.25, 0.3) is 0 Å². The molecule has 140 valence electrons. The Bertz CT molecular complexity index is 577. The Hall–Kier alpha value is -1.17. The molecule has 0 aromatic carbocycles. The van der Waals surface area contributed by atoms with Crippen molar-refractivity contribution in [2.45, 2.75) is 76.7 Å². The van der Waals surface area contributed by atoms with Gasteiger partial charge in [-0.15, -0.1) is 0 Å². The highest BCUT2D eigenvalue weighted by molar-refractivity contribution is 5.86. The maximum absolute atomic E-state index is 14.1. The predicted octanol–water partition coefficient (Wildman–Crippen LogP) is 1.95. The van der Waals surface area contributed by atoms with E-state index in [2.05, 4.69) is 5.32 Å². The Morgan fingerprint density at radius 1 is 1.20 bits per heavy atom. The molecule has 0 aromatic rings. The number of amides is 2.